The third-order valence-electron chi connectivity index (χ3n) is 5.78. The number of nitrogens with zero attached hydrogens (tertiary/aromatic N) is 1. The monoisotopic (exact) mass is 728 g/mol. The molecule has 0 saturated carbocycles. The van der Waals surface area contributed by atoms with E-state index in [0.29, 0.717) is 17.9 Å². The minimum atomic E-state index is -8.60. The van der Waals surface area contributed by atoms with Crippen LogP contribution in [0.1, 0.15) is 39.0 Å². The quantitative estimate of drug-likeness (QED) is 0.164. The first-order valence-corrected chi connectivity index (χ1v) is 10.7. The Kier molecular flexibility index (Phi) is 11.8. The molecule has 0 bridgehead atoms. The molecule has 234 valence electrons. The van der Waals surface area contributed by atoms with Gasteiger partial charge in [0.15, 0.2) is 6.67 Å². The molecule has 0 aromatic carbocycles. The lowest BCUT2D eigenvalue weighted by Crippen LogP contribution is -3.07. The van der Waals surface area contributed by atoms with Gasteiger partial charge in [-0.25, -0.2) is 0 Å². The second-order valence-electron chi connectivity index (χ2n) is 8.65. The van der Waals surface area contributed by atoms with Crippen molar-refractivity contribution < 1.29 is 104 Å². The van der Waals surface area contributed by atoms with Crippen LogP contribution in [-0.2, 0) is 0 Å². The SMILES string of the molecule is CCCCCC[NH+]1C=CN(CCC(F)(F)C(F)(F)C(F)(F)C(F)(F)C(F)(F)C(F)(F)C(F)(F)C(F)(F)F)C1.[I-]. The predicted octanol–water partition coefficient (Wildman–Crippen LogP) is 3.60. The Morgan fingerprint density at radius 2 is 1.05 bits per heavy atom. The van der Waals surface area contributed by atoms with E-state index in [1.165, 1.54) is 6.20 Å². The number of unbranched alkanes of at least 4 members (excludes halogenated alkanes) is 3. The van der Waals surface area contributed by atoms with Gasteiger partial charge in [-0.2, -0.15) is 74.6 Å². The van der Waals surface area contributed by atoms with Crippen molar-refractivity contribution in [3.05, 3.63) is 12.4 Å². The molecule has 0 fully saturated rings. The normalized spacial score (nSPS) is 18.5. The van der Waals surface area contributed by atoms with E-state index >= 15 is 0 Å². The molecule has 20 heteroatoms. The highest BCUT2D eigenvalue weighted by molar-refractivity contribution is 5.15. The maximum Gasteiger partial charge on any atom is 0.460 e. The molecule has 0 radical (unpaired) electrons. The van der Waals surface area contributed by atoms with Crippen LogP contribution in [0.3, 0.4) is 0 Å². The summed E-state index contributed by atoms with van der Waals surface area (Å²) < 4.78 is 226. The molecular formula is C19H22F17IN2. The van der Waals surface area contributed by atoms with E-state index in [-0.39, 0.29) is 30.6 Å². The fraction of sp³-hybridized carbons (Fsp3) is 0.895. The third-order valence-corrected chi connectivity index (χ3v) is 5.78. The van der Waals surface area contributed by atoms with E-state index in [1.807, 2.05) is 6.92 Å². The second-order valence-corrected chi connectivity index (χ2v) is 8.65. The Labute approximate surface area is 227 Å². The van der Waals surface area contributed by atoms with Crippen molar-refractivity contribution >= 4 is 0 Å². The standard InChI is InChI=1S/C19H21F17N2.HI/c1-2-3-4-5-7-37-9-10-38(11-37)8-6-12(20,21)13(22,23)14(24,25)15(26,27)16(28,29)17(30,31)18(32,33)19(34,35)36;/h9-10H,2-8,11H2,1H3;1H. The third kappa shape index (κ3) is 6.60. The van der Waals surface area contributed by atoms with Gasteiger partial charge in [-0.05, 0) is 12.8 Å². The molecule has 0 aromatic rings. The number of nitrogens with one attached hydrogen (secondary N) is 1. The summed E-state index contributed by atoms with van der Waals surface area (Å²) in [6, 6.07) is 0. The molecule has 0 spiro atoms. The Bertz CT molecular complexity index is 825. The van der Waals surface area contributed by atoms with Crippen LogP contribution < -0.4 is 28.9 Å². The van der Waals surface area contributed by atoms with Crippen LogP contribution in [0.15, 0.2) is 12.4 Å². The lowest BCUT2D eigenvalue weighted by molar-refractivity contribution is -0.849. The van der Waals surface area contributed by atoms with Gasteiger partial charge in [0.05, 0.1) is 12.7 Å². The first-order valence-electron chi connectivity index (χ1n) is 10.7. The van der Waals surface area contributed by atoms with Crippen molar-refractivity contribution in [2.24, 2.45) is 0 Å². The Hall–Kier alpha value is -0.960. The lowest BCUT2D eigenvalue weighted by atomic mass is 9.88. The molecule has 1 N–H and O–H groups in total. The molecule has 1 aliphatic heterocycles. The van der Waals surface area contributed by atoms with Crippen LogP contribution in [0, 0.1) is 0 Å². The van der Waals surface area contributed by atoms with E-state index in [9.17, 15) is 74.6 Å². The number of halogens is 18. The van der Waals surface area contributed by atoms with Crippen molar-refractivity contribution in [2.45, 2.75) is 86.7 Å². The molecule has 1 aliphatic rings. The van der Waals surface area contributed by atoms with Gasteiger partial charge in [0.25, 0.3) is 0 Å². The highest BCUT2D eigenvalue weighted by Gasteiger charge is 2.95. The molecule has 1 rings (SSSR count). The van der Waals surface area contributed by atoms with Gasteiger partial charge in [0, 0.05) is 13.0 Å². The Morgan fingerprint density at radius 3 is 1.49 bits per heavy atom. The summed E-state index contributed by atoms with van der Waals surface area (Å²) in [4.78, 5) is 1.42. The number of alkyl halides is 17. The summed E-state index contributed by atoms with van der Waals surface area (Å²) in [5.74, 6) is -56.0. The summed E-state index contributed by atoms with van der Waals surface area (Å²) in [6.45, 7) is 0.884. The first kappa shape index (κ1) is 38.0. The van der Waals surface area contributed by atoms with Gasteiger partial charge >= 0.3 is 47.6 Å². The van der Waals surface area contributed by atoms with Crippen molar-refractivity contribution in [2.75, 3.05) is 19.8 Å². The van der Waals surface area contributed by atoms with Crippen molar-refractivity contribution in [1.82, 2.24) is 4.90 Å². The van der Waals surface area contributed by atoms with Crippen LogP contribution in [0.25, 0.3) is 0 Å². The van der Waals surface area contributed by atoms with Crippen molar-refractivity contribution in [3.8, 4) is 0 Å². The van der Waals surface area contributed by atoms with E-state index in [1.54, 1.807) is 0 Å². The molecule has 0 aromatic heterocycles. The summed E-state index contributed by atoms with van der Waals surface area (Å²) in [7, 11) is 0. The molecule has 0 amide bonds. The van der Waals surface area contributed by atoms with Gasteiger partial charge in [-0.15, -0.1) is 0 Å². The highest BCUT2D eigenvalue weighted by atomic mass is 127. The zero-order valence-electron chi connectivity index (χ0n) is 19.6. The largest absolute Gasteiger partial charge is 1.00 e. The molecule has 1 unspecified atom stereocenters. The average Bonchev–Trinajstić information content (AvgIpc) is 3.21. The summed E-state index contributed by atoms with van der Waals surface area (Å²) >= 11 is 0. The second kappa shape index (κ2) is 12.1. The fourth-order valence-corrected chi connectivity index (χ4v) is 3.31. The Morgan fingerprint density at radius 1 is 0.615 bits per heavy atom. The number of hydrogen-bond acceptors (Lipinski definition) is 1. The summed E-state index contributed by atoms with van der Waals surface area (Å²) in [6.07, 6.45) is -4.65. The van der Waals surface area contributed by atoms with Gasteiger partial charge in [0.2, 0.25) is 0 Å². The minimum absolute atomic E-state index is 0. The van der Waals surface area contributed by atoms with Gasteiger partial charge in [0.1, 0.15) is 6.20 Å². The van der Waals surface area contributed by atoms with Crippen molar-refractivity contribution in [1.29, 1.82) is 0 Å². The van der Waals surface area contributed by atoms with E-state index in [0.717, 1.165) is 30.4 Å². The van der Waals surface area contributed by atoms with Crippen LogP contribution in [-0.4, -0.2) is 72.3 Å². The zero-order valence-corrected chi connectivity index (χ0v) is 21.7. The minimum Gasteiger partial charge on any atom is -1.00 e. The molecule has 1 atom stereocenters. The van der Waals surface area contributed by atoms with E-state index in [2.05, 4.69) is 0 Å². The summed E-state index contributed by atoms with van der Waals surface area (Å²) in [5.41, 5.74) is 0. The summed E-state index contributed by atoms with van der Waals surface area (Å²) in [5, 5.41) is 0. The fourth-order valence-electron chi connectivity index (χ4n) is 3.31. The molecule has 0 aliphatic carbocycles. The maximum atomic E-state index is 14.0. The van der Waals surface area contributed by atoms with Gasteiger partial charge in [-0.3, -0.25) is 4.90 Å². The zero-order chi connectivity index (χ0) is 30.2. The van der Waals surface area contributed by atoms with Crippen LogP contribution in [0.5, 0.6) is 0 Å². The highest BCUT2D eigenvalue weighted by Crippen LogP contribution is 2.64. The maximum absolute atomic E-state index is 14.0. The van der Waals surface area contributed by atoms with Gasteiger partial charge < -0.3 is 28.9 Å². The lowest BCUT2D eigenvalue weighted by Gasteiger charge is -2.43. The number of quaternary nitrogens is 1. The molecular weight excluding hydrogens is 706 g/mol. The topological polar surface area (TPSA) is 7.68 Å². The molecule has 1 heterocycles. The Balaban J connectivity index is 0.0000144. The first-order chi connectivity index (χ1) is 16.8. The molecule has 2 nitrogen and oxygen atoms in total. The molecule has 0 saturated heterocycles. The number of hydrogen-bond donors (Lipinski definition) is 1. The average molecular weight is 728 g/mol. The van der Waals surface area contributed by atoms with Crippen LogP contribution in [0.2, 0.25) is 0 Å². The van der Waals surface area contributed by atoms with Gasteiger partial charge in [-0.1, -0.05) is 19.8 Å². The van der Waals surface area contributed by atoms with Crippen molar-refractivity contribution in [3.63, 3.8) is 0 Å². The smallest absolute Gasteiger partial charge is 0.460 e. The molecule has 39 heavy (non-hydrogen) atoms. The van der Waals surface area contributed by atoms with E-state index < -0.39 is 60.6 Å². The van der Waals surface area contributed by atoms with E-state index in [4.69, 9.17) is 0 Å². The number of rotatable bonds is 14. The van der Waals surface area contributed by atoms with Crippen LogP contribution >= 0.6 is 0 Å². The predicted molar refractivity (Wildman–Crippen MR) is 96.0 cm³/mol. The van der Waals surface area contributed by atoms with Crippen LogP contribution in [0.4, 0.5) is 74.6 Å².